The van der Waals surface area contributed by atoms with Gasteiger partial charge in [-0.15, -0.1) is 12.4 Å². The van der Waals surface area contributed by atoms with Crippen LogP contribution in [0.15, 0.2) is 24.4 Å². The summed E-state index contributed by atoms with van der Waals surface area (Å²) in [6, 6.07) is 0. The third-order valence-electron chi connectivity index (χ3n) is 8.30. The van der Waals surface area contributed by atoms with E-state index in [9.17, 15) is 4.79 Å². The van der Waals surface area contributed by atoms with E-state index in [2.05, 4.69) is 68.2 Å². The van der Waals surface area contributed by atoms with E-state index in [-0.39, 0.29) is 29.1 Å². The Morgan fingerprint density at radius 3 is 2.07 bits per heavy atom. The number of hydrogen-bond acceptors (Lipinski definition) is 7. The molecule has 4 N–H and O–H groups in total. The van der Waals surface area contributed by atoms with Crippen molar-refractivity contribution in [2.45, 2.75) is 81.1 Å². The molecule has 1 amide bonds. The van der Waals surface area contributed by atoms with Crippen molar-refractivity contribution < 1.29 is 14.3 Å². The van der Waals surface area contributed by atoms with Crippen LogP contribution in [0.4, 0.5) is 0 Å². The van der Waals surface area contributed by atoms with Gasteiger partial charge in [0.2, 0.25) is 5.91 Å². The number of halogens is 1. The first-order chi connectivity index (χ1) is 18.9. The number of allylic oxidation sites excluding steroid dienone is 1. The van der Waals surface area contributed by atoms with E-state index in [1.54, 1.807) is 0 Å². The number of ether oxygens (including phenoxy) is 2. The van der Waals surface area contributed by atoms with Gasteiger partial charge in [-0.05, 0) is 43.7 Å². The Labute approximate surface area is 259 Å². The van der Waals surface area contributed by atoms with E-state index in [1.807, 2.05) is 20.8 Å². The molecular weight excluding hydrogens is 538 g/mol. The molecule has 2 aliphatic rings. The first-order valence-corrected chi connectivity index (χ1v) is 15.5. The molecule has 0 aliphatic carbocycles. The van der Waals surface area contributed by atoms with Crippen LogP contribution < -0.4 is 16.4 Å². The molecule has 1 atom stereocenters. The van der Waals surface area contributed by atoms with Gasteiger partial charge in [-0.1, -0.05) is 68.5 Å². The van der Waals surface area contributed by atoms with Gasteiger partial charge in [0.15, 0.2) is 0 Å². The smallest absolute Gasteiger partial charge is 0.225 e. The lowest BCUT2D eigenvalue weighted by Gasteiger charge is -2.38. The summed E-state index contributed by atoms with van der Waals surface area (Å²) < 4.78 is 10.9. The maximum Gasteiger partial charge on any atom is 0.225 e. The molecule has 0 aromatic rings. The summed E-state index contributed by atoms with van der Waals surface area (Å²) in [7, 11) is 0. The van der Waals surface area contributed by atoms with E-state index in [4.69, 9.17) is 15.2 Å². The fourth-order valence-electron chi connectivity index (χ4n) is 3.74. The Hall–Kier alpha value is -1.16. The molecule has 41 heavy (non-hydrogen) atoms. The van der Waals surface area contributed by atoms with Gasteiger partial charge in [0, 0.05) is 62.3 Å². The number of carbonyl (C=O) groups is 1. The lowest BCUT2D eigenvalue weighted by molar-refractivity contribution is -0.129. The number of morpholine rings is 1. The van der Waals surface area contributed by atoms with Crippen LogP contribution >= 0.6 is 12.4 Å². The van der Waals surface area contributed by atoms with Gasteiger partial charge in [0.25, 0.3) is 0 Å². The number of amides is 1. The molecule has 0 aromatic heterocycles. The van der Waals surface area contributed by atoms with Crippen molar-refractivity contribution in [1.29, 1.82) is 0 Å². The molecule has 2 heterocycles. The molecule has 2 saturated heterocycles. The highest BCUT2D eigenvalue weighted by molar-refractivity contribution is 5.85. The Kier molecular flexibility index (Phi) is 23.9. The summed E-state index contributed by atoms with van der Waals surface area (Å²) in [4.78, 5) is 16.1. The highest BCUT2D eigenvalue weighted by atomic mass is 35.5. The highest BCUT2D eigenvalue weighted by Gasteiger charge is 2.25. The minimum absolute atomic E-state index is 0. The second-order valence-corrected chi connectivity index (χ2v) is 12.2. The summed E-state index contributed by atoms with van der Waals surface area (Å²) in [6.45, 7) is 36.1. The zero-order chi connectivity index (χ0) is 30.6. The van der Waals surface area contributed by atoms with Gasteiger partial charge in [-0.25, -0.2) is 0 Å². The number of hydrogen-bond donors (Lipinski definition) is 3. The van der Waals surface area contributed by atoms with Crippen molar-refractivity contribution in [2.75, 3.05) is 78.9 Å². The Balaban J connectivity index is 0. The van der Waals surface area contributed by atoms with Crippen molar-refractivity contribution in [3.63, 3.8) is 0 Å². The van der Waals surface area contributed by atoms with E-state index in [1.165, 1.54) is 11.3 Å². The molecule has 1 unspecified atom stereocenters. The zero-order valence-corrected chi connectivity index (χ0v) is 28.7. The van der Waals surface area contributed by atoms with Crippen LogP contribution in [0.3, 0.4) is 0 Å². The van der Waals surface area contributed by atoms with Crippen LogP contribution in [0.5, 0.6) is 0 Å². The number of carbonyl (C=O) groups excluding carboxylic acids is 1. The van der Waals surface area contributed by atoms with E-state index >= 15 is 0 Å². The molecule has 0 saturated carbocycles. The molecular formula is C32H66ClN5O3. The van der Waals surface area contributed by atoms with Gasteiger partial charge in [-0.3, -0.25) is 9.69 Å². The number of rotatable bonds is 14. The third kappa shape index (κ3) is 18.2. The Morgan fingerprint density at radius 1 is 1.02 bits per heavy atom. The average molecular weight is 604 g/mol. The van der Waals surface area contributed by atoms with Crippen LogP contribution in [0.2, 0.25) is 0 Å². The number of piperazine rings is 1. The molecule has 2 fully saturated rings. The summed E-state index contributed by atoms with van der Waals surface area (Å²) >= 11 is 0. The predicted molar refractivity (Wildman–Crippen MR) is 177 cm³/mol. The van der Waals surface area contributed by atoms with Crippen LogP contribution in [-0.2, 0) is 14.3 Å². The van der Waals surface area contributed by atoms with Gasteiger partial charge in [0.1, 0.15) is 0 Å². The van der Waals surface area contributed by atoms with Crippen molar-refractivity contribution in [3.05, 3.63) is 24.4 Å². The molecule has 0 bridgehead atoms. The highest BCUT2D eigenvalue weighted by Crippen LogP contribution is 2.31. The number of nitrogens with one attached hydrogen (secondary N) is 2. The minimum atomic E-state index is -0.241. The second-order valence-electron chi connectivity index (χ2n) is 12.2. The first kappa shape index (κ1) is 42.0. The maximum absolute atomic E-state index is 11.4. The number of nitrogens with two attached hydrogens (primary N) is 1. The molecule has 8 nitrogen and oxygen atoms in total. The third-order valence-corrected chi connectivity index (χ3v) is 8.30. The Bertz CT molecular complexity index is 705. The topological polar surface area (TPSA) is 92.1 Å². The SMILES string of the molecule is C=C(COCN1CCOCC1)C(C)CC.C=C(N1CCNCC1)C(C)(C)CC.CCC(C)(C)C(=O)NCCCN.Cl. The molecule has 2 rings (SSSR count). The Morgan fingerprint density at radius 2 is 1.59 bits per heavy atom. The van der Waals surface area contributed by atoms with E-state index in [0.29, 0.717) is 32.3 Å². The van der Waals surface area contributed by atoms with Crippen molar-refractivity contribution in [3.8, 4) is 0 Å². The fraction of sp³-hybridized carbons (Fsp3) is 0.844. The molecule has 0 spiro atoms. The summed E-state index contributed by atoms with van der Waals surface area (Å²) in [5.41, 5.74) is 7.83. The average Bonchev–Trinajstić information content (AvgIpc) is 2.97. The summed E-state index contributed by atoms with van der Waals surface area (Å²) in [5.74, 6) is 0.688. The van der Waals surface area contributed by atoms with Crippen molar-refractivity contribution in [2.24, 2.45) is 22.5 Å². The lowest BCUT2D eigenvalue weighted by atomic mass is 9.86. The zero-order valence-electron chi connectivity index (χ0n) is 27.9. The number of nitrogens with zero attached hydrogens (tertiary/aromatic N) is 2. The van der Waals surface area contributed by atoms with Crippen LogP contribution in [0, 0.1) is 16.7 Å². The van der Waals surface area contributed by atoms with Crippen LogP contribution in [-0.4, -0.2) is 94.6 Å². The van der Waals surface area contributed by atoms with Crippen LogP contribution in [0.25, 0.3) is 0 Å². The van der Waals surface area contributed by atoms with Crippen molar-refractivity contribution >= 4 is 18.3 Å². The normalized spacial score (nSPS) is 16.7. The van der Waals surface area contributed by atoms with Gasteiger partial charge >= 0.3 is 0 Å². The molecule has 9 heteroatoms. The quantitative estimate of drug-likeness (QED) is 0.189. The molecule has 0 aromatic carbocycles. The van der Waals surface area contributed by atoms with Gasteiger partial charge < -0.3 is 30.7 Å². The van der Waals surface area contributed by atoms with E-state index < -0.39 is 0 Å². The monoisotopic (exact) mass is 603 g/mol. The predicted octanol–water partition coefficient (Wildman–Crippen LogP) is 5.05. The van der Waals surface area contributed by atoms with Crippen LogP contribution in [0.1, 0.15) is 81.1 Å². The fourth-order valence-corrected chi connectivity index (χ4v) is 3.74. The summed E-state index contributed by atoms with van der Waals surface area (Å²) in [6.07, 6.45) is 4.02. The molecule has 0 radical (unpaired) electrons. The maximum atomic E-state index is 11.4. The molecule has 2 aliphatic heterocycles. The lowest BCUT2D eigenvalue weighted by Crippen LogP contribution is -2.45. The van der Waals surface area contributed by atoms with Gasteiger partial charge in [-0.2, -0.15) is 0 Å². The largest absolute Gasteiger partial charge is 0.379 e. The van der Waals surface area contributed by atoms with Gasteiger partial charge in [0.05, 0.1) is 26.6 Å². The van der Waals surface area contributed by atoms with Crippen molar-refractivity contribution in [1.82, 2.24) is 20.4 Å². The first-order valence-electron chi connectivity index (χ1n) is 15.5. The molecule has 244 valence electrons. The summed E-state index contributed by atoms with van der Waals surface area (Å²) in [5, 5.41) is 6.21. The second kappa shape index (κ2) is 23.3. The standard InChI is InChI=1S/C12H23NO2.C11H22N2.C9H20N2O.ClH/c1-4-11(2)12(3)9-15-10-13-5-7-14-8-6-13;1-5-11(3,4)10(2)13-8-6-12-7-9-13;1-4-9(2,3)8(12)11-7-5-6-10;/h11H,3-10H2,1-2H3;12H,2,5-9H2,1,3-4H3;4-7,10H2,1-3H3,(H,11,12);1H. The minimum Gasteiger partial charge on any atom is -0.379 e. The van der Waals surface area contributed by atoms with E-state index in [0.717, 1.165) is 78.2 Å².